The molecule has 46 heavy (non-hydrogen) atoms. The summed E-state index contributed by atoms with van der Waals surface area (Å²) in [5, 5.41) is 24.3. The molecule has 1 saturated heterocycles. The molecule has 0 spiro atoms. The van der Waals surface area contributed by atoms with Gasteiger partial charge >= 0.3 is 12.3 Å². The molecule has 3 aromatic rings. The molecule has 12 nitrogen and oxygen atoms in total. The number of likely N-dealkylation sites (tertiary alicyclic amines) is 1. The number of rotatable bonds is 7. The van der Waals surface area contributed by atoms with Crippen molar-refractivity contribution >= 4 is 40.0 Å². The molecule has 1 aromatic heterocycles. The second-order valence-electron chi connectivity index (χ2n) is 11.4. The van der Waals surface area contributed by atoms with Crippen LogP contribution in [-0.4, -0.2) is 75.1 Å². The van der Waals surface area contributed by atoms with E-state index in [2.05, 4.69) is 15.3 Å². The first-order chi connectivity index (χ1) is 21.7. The highest BCUT2D eigenvalue weighted by molar-refractivity contribution is 5.94. The standard InChI is InChI=1S/C31H33F3N6O6/c1-17(21-12-22(31(32,33)34)14-23(13-21)40(44)45)35-28-25-15-24(27(46-3)16-26(25)36-18(2)37-28)19-4-8-38(9-5-19)29(41)20-6-10-39(11-7-20)30(42)43/h4,12-17,20H,5-11H2,1-3H3,(H,42,43)(H,35,36,37). The van der Waals surface area contributed by atoms with E-state index in [-0.39, 0.29) is 17.4 Å². The van der Waals surface area contributed by atoms with E-state index in [1.807, 2.05) is 12.1 Å². The topological polar surface area (TPSA) is 151 Å². The zero-order chi connectivity index (χ0) is 33.3. The van der Waals surface area contributed by atoms with Crippen LogP contribution in [0, 0.1) is 23.0 Å². The normalized spacial score (nSPS) is 16.6. The number of nitrogens with one attached hydrogen (secondary N) is 1. The quantitative estimate of drug-likeness (QED) is 0.232. The number of anilines is 1. The molecule has 5 rings (SSSR count). The number of amides is 2. The third-order valence-electron chi connectivity index (χ3n) is 8.44. The summed E-state index contributed by atoms with van der Waals surface area (Å²) in [5.74, 6) is 1.05. The molecule has 0 saturated carbocycles. The van der Waals surface area contributed by atoms with Gasteiger partial charge in [0, 0.05) is 61.2 Å². The van der Waals surface area contributed by atoms with Gasteiger partial charge in [0.15, 0.2) is 0 Å². The van der Waals surface area contributed by atoms with Crippen LogP contribution in [0.2, 0.25) is 0 Å². The van der Waals surface area contributed by atoms with E-state index in [1.54, 1.807) is 24.8 Å². The number of nitro benzene ring substituents is 1. The van der Waals surface area contributed by atoms with Crippen molar-refractivity contribution in [2.75, 3.05) is 38.6 Å². The Morgan fingerprint density at radius 2 is 1.83 bits per heavy atom. The van der Waals surface area contributed by atoms with Gasteiger partial charge in [0.2, 0.25) is 5.91 Å². The lowest BCUT2D eigenvalue weighted by molar-refractivity contribution is -0.385. The van der Waals surface area contributed by atoms with Crippen LogP contribution in [0.3, 0.4) is 0 Å². The molecule has 1 unspecified atom stereocenters. The van der Waals surface area contributed by atoms with E-state index in [9.17, 15) is 38.0 Å². The predicted molar refractivity (Wildman–Crippen MR) is 162 cm³/mol. The van der Waals surface area contributed by atoms with E-state index in [1.165, 1.54) is 12.0 Å². The molecule has 0 bridgehead atoms. The lowest BCUT2D eigenvalue weighted by atomic mass is 9.93. The van der Waals surface area contributed by atoms with Gasteiger partial charge in [0.05, 0.1) is 29.2 Å². The number of carbonyl (C=O) groups is 2. The van der Waals surface area contributed by atoms with Crippen LogP contribution in [0.5, 0.6) is 5.75 Å². The van der Waals surface area contributed by atoms with E-state index in [0.717, 1.165) is 23.3 Å². The molecule has 15 heteroatoms. The molecule has 1 fully saturated rings. The fourth-order valence-corrected chi connectivity index (χ4v) is 5.93. The molecule has 2 aliphatic heterocycles. The maximum absolute atomic E-state index is 13.5. The number of non-ortho nitro benzene ring substituents is 1. The molecule has 2 N–H and O–H groups in total. The number of aryl methyl sites for hydroxylation is 1. The van der Waals surface area contributed by atoms with Crippen molar-refractivity contribution in [3.63, 3.8) is 0 Å². The van der Waals surface area contributed by atoms with E-state index in [4.69, 9.17) is 4.74 Å². The highest BCUT2D eigenvalue weighted by Gasteiger charge is 2.34. The number of methoxy groups -OCH3 is 1. The van der Waals surface area contributed by atoms with Crippen LogP contribution in [-0.2, 0) is 11.0 Å². The Bertz CT molecular complexity index is 1720. The van der Waals surface area contributed by atoms with Crippen molar-refractivity contribution in [2.45, 2.75) is 45.3 Å². The van der Waals surface area contributed by atoms with Crippen LogP contribution < -0.4 is 10.1 Å². The minimum Gasteiger partial charge on any atom is -0.496 e. The second kappa shape index (κ2) is 12.8. The highest BCUT2D eigenvalue weighted by atomic mass is 19.4. The zero-order valence-electron chi connectivity index (χ0n) is 25.4. The molecule has 2 amide bonds. The monoisotopic (exact) mass is 642 g/mol. The van der Waals surface area contributed by atoms with E-state index < -0.39 is 34.5 Å². The summed E-state index contributed by atoms with van der Waals surface area (Å²) in [6.45, 7) is 4.76. The Labute approximate surface area is 262 Å². The summed E-state index contributed by atoms with van der Waals surface area (Å²) in [4.78, 5) is 47.0. The number of hydrogen-bond acceptors (Lipinski definition) is 8. The lowest BCUT2D eigenvalue weighted by Crippen LogP contribution is -2.45. The van der Waals surface area contributed by atoms with Gasteiger partial charge < -0.3 is 25.0 Å². The average Bonchev–Trinajstić information content (AvgIpc) is 3.03. The van der Waals surface area contributed by atoms with Crippen LogP contribution in [0.25, 0.3) is 16.5 Å². The Morgan fingerprint density at radius 3 is 2.41 bits per heavy atom. The SMILES string of the molecule is COc1cc2nc(C)nc(NC(C)c3cc([N+](=O)[O-])cc(C(F)(F)F)c3)c2cc1C1=CCN(C(=O)C2CCN(C(=O)O)CC2)CC1. The number of benzene rings is 2. The van der Waals surface area contributed by atoms with Gasteiger partial charge in [-0.2, -0.15) is 13.2 Å². The van der Waals surface area contributed by atoms with Crippen LogP contribution in [0.15, 0.2) is 36.4 Å². The second-order valence-corrected chi connectivity index (χ2v) is 11.4. The van der Waals surface area contributed by atoms with Crippen molar-refractivity contribution in [3.8, 4) is 5.75 Å². The minimum absolute atomic E-state index is 0.00462. The Hall–Kier alpha value is -4.95. The summed E-state index contributed by atoms with van der Waals surface area (Å²) in [6.07, 6.45) is -2.30. The number of carbonyl (C=O) groups excluding carboxylic acids is 1. The number of nitrogens with zero attached hydrogens (tertiary/aromatic N) is 5. The molecule has 0 aliphatic carbocycles. The van der Waals surface area contributed by atoms with Gasteiger partial charge in [0.25, 0.3) is 5.69 Å². The largest absolute Gasteiger partial charge is 0.496 e. The molecule has 2 aliphatic rings. The number of ether oxygens (including phenoxy) is 1. The first kappa shape index (κ1) is 32.4. The van der Waals surface area contributed by atoms with Crippen molar-refractivity contribution < 1.29 is 37.5 Å². The fourth-order valence-electron chi connectivity index (χ4n) is 5.93. The predicted octanol–water partition coefficient (Wildman–Crippen LogP) is 6.05. The number of nitro groups is 1. The van der Waals surface area contributed by atoms with Gasteiger partial charge in [-0.1, -0.05) is 6.08 Å². The summed E-state index contributed by atoms with van der Waals surface area (Å²) >= 11 is 0. The van der Waals surface area contributed by atoms with Crippen LogP contribution in [0.1, 0.15) is 54.7 Å². The van der Waals surface area contributed by atoms with Crippen molar-refractivity contribution in [1.29, 1.82) is 0 Å². The smallest absolute Gasteiger partial charge is 0.416 e. The van der Waals surface area contributed by atoms with E-state index in [0.29, 0.717) is 79.8 Å². The highest BCUT2D eigenvalue weighted by Crippen LogP contribution is 2.38. The number of piperidine rings is 1. The molecule has 3 heterocycles. The third-order valence-corrected chi connectivity index (χ3v) is 8.44. The number of halogens is 3. The average molecular weight is 643 g/mol. The van der Waals surface area contributed by atoms with Crippen LogP contribution >= 0.6 is 0 Å². The van der Waals surface area contributed by atoms with Crippen molar-refractivity contribution in [3.05, 3.63) is 69.0 Å². The van der Waals surface area contributed by atoms with Gasteiger partial charge in [-0.15, -0.1) is 0 Å². The van der Waals surface area contributed by atoms with Gasteiger partial charge in [-0.25, -0.2) is 14.8 Å². The third kappa shape index (κ3) is 6.82. The summed E-state index contributed by atoms with van der Waals surface area (Å²) in [6, 6.07) is 5.28. The number of aromatic nitrogens is 2. The first-order valence-corrected chi connectivity index (χ1v) is 14.7. The Balaban J connectivity index is 1.42. The number of alkyl halides is 3. The van der Waals surface area contributed by atoms with Gasteiger partial charge in [0.1, 0.15) is 17.4 Å². The molecular weight excluding hydrogens is 609 g/mol. The van der Waals surface area contributed by atoms with Crippen molar-refractivity contribution in [2.24, 2.45) is 5.92 Å². The number of hydrogen-bond donors (Lipinski definition) is 2. The zero-order valence-corrected chi connectivity index (χ0v) is 25.4. The maximum Gasteiger partial charge on any atom is 0.416 e. The number of carboxylic acid groups (broad SMARTS) is 1. The summed E-state index contributed by atoms with van der Waals surface area (Å²) in [5.41, 5.74) is 0.471. The Kier molecular flexibility index (Phi) is 9.03. The minimum atomic E-state index is -4.77. The van der Waals surface area contributed by atoms with E-state index >= 15 is 0 Å². The van der Waals surface area contributed by atoms with Gasteiger partial charge in [-0.3, -0.25) is 14.9 Å². The summed E-state index contributed by atoms with van der Waals surface area (Å²) < 4.78 is 46.3. The molecular formula is C31H33F3N6O6. The number of fused-ring (bicyclic) bond motifs is 1. The molecule has 2 aromatic carbocycles. The fraction of sp³-hybridized carbons (Fsp3) is 0.419. The van der Waals surface area contributed by atoms with Crippen LogP contribution in [0.4, 0.5) is 29.5 Å². The Morgan fingerprint density at radius 1 is 1.11 bits per heavy atom. The molecule has 1 atom stereocenters. The molecule has 0 radical (unpaired) electrons. The van der Waals surface area contributed by atoms with Crippen molar-refractivity contribution in [1.82, 2.24) is 19.8 Å². The molecule has 244 valence electrons. The summed E-state index contributed by atoms with van der Waals surface area (Å²) in [7, 11) is 1.53. The first-order valence-electron chi connectivity index (χ1n) is 14.7. The maximum atomic E-state index is 13.5. The lowest BCUT2D eigenvalue weighted by Gasteiger charge is -2.34. The van der Waals surface area contributed by atoms with Gasteiger partial charge in [-0.05, 0) is 56.4 Å².